The van der Waals surface area contributed by atoms with Crippen molar-refractivity contribution in [3.05, 3.63) is 36.2 Å². The first-order valence-electron chi connectivity index (χ1n) is 5.58. The smallest absolute Gasteiger partial charge is 0.183 e. The van der Waals surface area contributed by atoms with Gasteiger partial charge in [-0.1, -0.05) is 22.9 Å². The molecule has 0 spiro atoms. The summed E-state index contributed by atoms with van der Waals surface area (Å²) < 4.78 is 1.62. The van der Waals surface area contributed by atoms with E-state index in [0.717, 1.165) is 5.69 Å². The summed E-state index contributed by atoms with van der Waals surface area (Å²) in [6.07, 6.45) is 1.50. The minimum atomic E-state index is 0.664. The first kappa shape index (κ1) is 10.6. The highest BCUT2D eigenvalue weighted by Crippen LogP contribution is 2.20. The Labute approximate surface area is 104 Å². The van der Waals surface area contributed by atoms with Crippen LogP contribution in [0.15, 0.2) is 30.6 Å². The van der Waals surface area contributed by atoms with E-state index in [9.17, 15) is 0 Å². The Bertz CT molecular complexity index is 685. The molecule has 0 fully saturated rings. The number of benzene rings is 1. The van der Waals surface area contributed by atoms with Crippen molar-refractivity contribution in [3.63, 3.8) is 0 Å². The molecule has 0 saturated heterocycles. The van der Waals surface area contributed by atoms with Crippen LogP contribution in [0.25, 0.3) is 11.2 Å². The number of aromatic nitrogens is 5. The summed E-state index contributed by atoms with van der Waals surface area (Å²) in [6.45, 7) is 2.05. The summed E-state index contributed by atoms with van der Waals surface area (Å²) in [5, 5.41) is 11.2. The Kier molecular flexibility index (Phi) is 2.40. The zero-order valence-corrected chi connectivity index (χ0v) is 10.1. The van der Waals surface area contributed by atoms with Crippen molar-refractivity contribution in [3.8, 4) is 0 Å². The largest absolute Gasteiger partial charge is 0.338 e. The van der Waals surface area contributed by atoms with Crippen LogP contribution in [-0.2, 0) is 7.05 Å². The topological polar surface area (TPSA) is 68.5 Å². The lowest BCUT2D eigenvalue weighted by Crippen LogP contribution is -1.97. The van der Waals surface area contributed by atoms with E-state index in [1.165, 1.54) is 11.9 Å². The van der Waals surface area contributed by atoms with Crippen molar-refractivity contribution >= 4 is 22.7 Å². The van der Waals surface area contributed by atoms with E-state index in [1.54, 1.807) is 11.7 Å². The fourth-order valence-corrected chi connectivity index (χ4v) is 1.72. The lowest BCUT2D eigenvalue weighted by Gasteiger charge is -2.05. The lowest BCUT2D eigenvalue weighted by molar-refractivity contribution is 0.729. The third-order valence-corrected chi connectivity index (χ3v) is 2.70. The van der Waals surface area contributed by atoms with Crippen molar-refractivity contribution in [1.29, 1.82) is 0 Å². The zero-order chi connectivity index (χ0) is 12.5. The maximum Gasteiger partial charge on any atom is 0.183 e. The van der Waals surface area contributed by atoms with Gasteiger partial charge >= 0.3 is 0 Å². The average Bonchev–Trinajstić information content (AvgIpc) is 2.76. The average molecular weight is 240 g/mol. The van der Waals surface area contributed by atoms with E-state index in [1.807, 2.05) is 24.3 Å². The number of hydrogen-bond acceptors (Lipinski definition) is 5. The molecule has 90 valence electrons. The monoisotopic (exact) mass is 240 g/mol. The van der Waals surface area contributed by atoms with E-state index >= 15 is 0 Å². The predicted octanol–water partition coefficient (Wildman–Crippen LogP) is 1.81. The van der Waals surface area contributed by atoms with E-state index in [2.05, 4.69) is 32.5 Å². The number of anilines is 2. The molecular weight excluding hydrogens is 228 g/mol. The van der Waals surface area contributed by atoms with Gasteiger partial charge in [-0.25, -0.2) is 14.6 Å². The van der Waals surface area contributed by atoms with Gasteiger partial charge in [0, 0.05) is 12.7 Å². The first-order chi connectivity index (χ1) is 8.74. The van der Waals surface area contributed by atoms with Gasteiger partial charge in [-0.2, -0.15) is 0 Å². The Balaban J connectivity index is 2.02. The molecule has 0 aliphatic heterocycles. The van der Waals surface area contributed by atoms with E-state index < -0.39 is 0 Å². The first-order valence-corrected chi connectivity index (χ1v) is 5.58. The Morgan fingerprint density at radius 2 is 1.89 bits per heavy atom. The van der Waals surface area contributed by atoms with Gasteiger partial charge < -0.3 is 5.32 Å². The number of hydrogen-bond donors (Lipinski definition) is 1. The second-order valence-electron chi connectivity index (χ2n) is 4.10. The molecule has 0 bridgehead atoms. The van der Waals surface area contributed by atoms with Crippen molar-refractivity contribution in [2.45, 2.75) is 6.92 Å². The molecule has 3 aromatic rings. The molecule has 0 amide bonds. The minimum absolute atomic E-state index is 0.664. The summed E-state index contributed by atoms with van der Waals surface area (Å²) in [4.78, 5) is 8.34. The van der Waals surface area contributed by atoms with Gasteiger partial charge in [0.1, 0.15) is 6.33 Å². The summed E-state index contributed by atoms with van der Waals surface area (Å²) in [5.74, 6) is 0.664. The van der Waals surface area contributed by atoms with Crippen LogP contribution < -0.4 is 5.32 Å². The Morgan fingerprint density at radius 3 is 2.67 bits per heavy atom. The molecule has 6 heteroatoms. The molecule has 1 aromatic carbocycles. The van der Waals surface area contributed by atoms with Gasteiger partial charge in [-0.15, -0.1) is 5.10 Å². The molecule has 6 nitrogen and oxygen atoms in total. The highest BCUT2D eigenvalue weighted by molar-refractivity contribution is 5.84. The fourth-order valence-electron chi connectivity index (χ4n) is 1.72. The maximum atomic E-state index is 4.20. The van der Waals surface area contributed by atoms with Gasteiger partial charge in [-0.05, 0) is 19.1 Å². The fraction of sp³-hybridized carbons (Fsp3) is 0.167. The molecule has 2 heterocycles. The second kappa shape index (κ2) is 4.06. The van der Waals surface area contributed by atoms with Gasteiger partial charge in [0.25, 0.3) is 0 Å². The molecule has 0 saturated carbocycles. The SMILES string of the molecule is Cc1ccc(Nc2ncnc3c2nnn3C)cc1. The zero-order valence-electron chi connectivity index (χ0n) is 10.1. The van der Waals surface area contributed by atoms with Gasteiger partial charge in [0.2, 0.25) is 0 Å². The van der Waals surface area contributed by atoms with Crippen molar-refractivity contribution in [1.82, 2.24) is 25.0 Å². The van der Waals surface area contributed by atoms with Gasteiger partial charge in [0.15, 0.2) is 17.0 Å². The van der Waals surface area contributed by atoms with E-state index in [4.69, 9.17) is 0 Å². The molecule has 0 atom stereocenters. The third-order valence-electron chi connectivity index (χ3n) is 2.70. The van der Waals surface area contributed by atoms with E-state index in [0.29, 0.717) is 17.0 Å². The third kappa shape index (κ3) is 1.77. The van der Waals surface area contributed by atoms with Crippen LogP contribution in [0.1, 0.15) is 5.56 Å². The van der Waals surface area contributed by atoms with E-state index in [-0.39, 0.29) is 0 Å². The van der Waals surface area contributed by atoms with Crippen LogP contribution in [-0.4, -0.2) is 25.0 Å². The van der Waals surface area contributed by atoms with Gasteiger partial charge in [-0.3, -0.25) is 0 Å². The molecule has 0 aliphatic rings. The molecule has 0 aliphatic carbocycles. The highest BCUT2D eigenvalue weighted by atomic mass is 15.4. The van der Waals surface area contributed by atoms with Crippen molar-refractivity contribution < 1.29 is 0 Å². The minimum Gasteiger partial charge on any atom is -0.338 e. The van der Waals surface area contributed by atoms with Gasteiger partial charge in [0.05, 0.1) is 0 Å². The van der Waals surface area contributed by atoms with Crippen LogP contribution in [0.3, 0.4) is 0 Å². The summed E-state index contributed by atoms with van der Waals surface area (Å²) in [6, 6.07) is 8.08. The van der Waals surface area contributed by atoms with Crippen LogP contribution in [0, 0.1) is 6.92 Å². The van der Waals surface area contributed by atoms with Crippen molar-refractivity contribution in [2.75, 3.05) is 5.32 Å². The summed E-state index contributed by atoms with van der Waals surface area (Å²) >= 11 is 0. The summed E-state index contributed by atoms with van der Waals surface area (Å²) in [5.41, 5.74) is 3.55. The lowest BCUT2D eigenvalue weighted by atomic mass is 10.2. The molecule has 18 heavy (non-hydrogen) atoms. The van der Waals surface area contributed by atoms with Crippen LogP contribution in [0.5, 0.6) is 0 Å². The van der Waals surface area contributed by atoms with Crippen LogP contribution >= 0.6 is 0 Å². The summed E-state index contributed by atoms with van der Waals surface area (Å²) in [7, 11) is 1.80. The highest BCUT2D eigenvalue weighted by Gasteiger charge is 2.09. The quantitative estimate of drug-likeness (QED) is 0.739. The predicted molar refractivity (Wildman–Crippen MR) is 68.6 cm³/mol. The molecular formula is C12H12N6. The molecule has 0 unspecified atom stereocenters. The molecule has 1 N–H and O–H groups in total. The molecule has 0 radical (unpaired) electrons. The Morgan fingerprint density at radius 1 is 1.11 bits per heavy atom. The number of aryl methyl sites for hydroxylation is 2. The second-order valence-corrected chi connectivity index (χ2v) is 4.10. The maximum absolute atomic E-state index is 4.20. The number of fused-ring (bicyclic) bond motifs is 1. The normalized spacial score (nSPS) is 10.8. The van der Waals surface area contributed by atoms with Crippen molar-refractivity contribution in [2.24, 2.45) is 7.05 Å². The van der Waals surface area contributed by atoms with Crippen LogP contribution in [0.2, 0.25) is 0 Å². The molecule has 2 aromatic heterocycles. The molecule has 3 rings (SSSR count). The Hall–Kier alpha value is -2.50. The number of rotatable bonds is 2. The number of nitrogens with one attached hydrogen (secondary N) is 1. The number of nitrogens with zero attached hydrogens (tertiary/aromatic N) is 5. The standard InChI is InChI=1S/C12H12N6/c1-8-3-5-9(6-4-8)15-11-10-12(14-7-13-11)18(2)17-16-10/h3-7H,1-2H3,(H,13,14,15). The van der Waals surface area contributed by atoms with Crippen LogP contribution in [0.4, 0.5) is 11.5 Å².